The molecule has 4 nitrogen and oxygen atoms in total. The molecule has 0 radical (unpaired) electrons. The summed E-state index contributed by atoms with van der Waals surface area (Å²) in [5, 5.41) is 2.27. The van der Waals surface area contributed by atoms with Crippen LogP contribution in [0.25, 0.3) is 0 Å². The first-order chi connectivity index (χ1) is 11.8. The maximum absolute atomic E-state index is 13.5. The molecule has 0 heterocycles. The van der Waals surface area contributed by atoms with Crippen molar-refractivity contribution >= 4 is 35.0 Å². The third kappa shape index (κ3) is 5.14. The molecule has 0 aliphatic rings. The van der Waals surface area contributed by atoms with Crippen LogP contribution in [-0.2, 0) is 11.2 Å². The average molecular weight is 387 g/mol. The van der Waals surface area contributed by atoms with Crippen LogP contribution in [0.3, 0.4) is 0 Å². The fourth-order valence-electron chi connectivity index (χ4n) is 2.19. The molecule has 25 heavy (non-hydrogen) atoms. The van der Waals surface area contributed by atoms with E-state index in [1.807, 2.05) is 0 Å². The molecule has 0 fully saturated rings. The van der Waals surface area contributed by atoms with Gasteiger partial charge in [0, 0.05) is 6.54 Å². The van der Waals surface area contributed by atoms with Gasteiger partial charge >= 0.3 is 0 Å². The Morgan fingerprint density at radius 1 is 1.08 bits per heavy atom. The predicted molar refractivity (Wildman–Crippen MR) is 91.5 cm³/mol. The van der Waals surface area contributed by atoms with E-state index in [1.54, 1.807) is 0 Å². The van der Waals surface area contributed by atoms with Gasteiger partial charge in [-0.2, -0.15) is 0 Å². The topological polar surface area (TPSA) is 72.2 Å². The van der Waals surface area contributed by atoms with Gasteiger partial charge in [0.05, 0.1) is 21.5 Å². The largest absolute Gasteiger partial charge is 0.369 e. The molecule has 0 aromatic heterocycles. The molecule has 0 spiro atoms. The van der Waals surface area contributed by atoms with E-state index in [1.165, 1.54) is 24.3 Å². The number of nitrogens with two attached hydrogens (primary N) is 1. The van der Waals surface area contributed by atoms with E-state index in [-0.39, 0.29) is 28.6 Å². The lowest BCUT2D eigenvalue weighted by Gasteiger charge is -2.15. The minimum atomic E-state index is -0.783. The molecular formula is C17H14Cl2F2N2O2. The van der Waals surface area contributed by atoms with Crippen LogP contribution in [0.5, 0.6) is 0 Å². The number of rotatable bonds is 6. The fourth-order valence-corrected chi connectivity index (χ4v) is 2.66. The second-order valence-corrected chi connectivity index (χ2v) is 6.20. The molecule has 0 aliphatic heterocycles. The van der Waals surface area contributed by atoms with Crippen LogP contribution < -0.4 is 11.1 Å². The van der Waals surface area contributed by atoms with Crippen LogP contribution in [0, 0.1) is 17.6 Å². The Balaban J connectivity index is 2.05. The Labute approximate surface area is 152 Å². The van der Waals surface area contributed by atoms with Crippen LogP contribution >= 0.6 is 23.2 Å². The van der Waals surface area contributed by atoms with Crippen molar-refractivity contribution in [3.8, 4) is 0 Å². The molecule has 0 saturated carbocycles. The lowest BCUT2D eigenvalue weighted by Crippen LogP contribution is -2.37. The lowest BCUT2D eigenvalue weighted by atomic mass is 9.98. The van der Waals surface area contributed by atoms with Gasteiger partial charge in [-0.3, -0.25) is 9.59 Å². The SMILES string of the molecule is NC(=O)C(CNC(=O)c1cc(F)c(Cl)cc1Cl)Cc1ccc(F)cc1. The predicted octanol–water partition coefficient (Wildman–Crippen LogP) is 3.35. The zero-order valence-corrected chi connectivity index (χ0v) is 14.4. The van der Waals surface area contributed by atoms with Crippen molar-refractivity contribution in [2.24, 2.45) is 11.7 Å². The van der Waals surface area contributed by atoms with Crippen LogP contribution in [0.15, 0.2) is 36.4 Å². The monoisotopic (exact) mass is 386 g/mol. The Bertz CT molecular complexity index is 798. The van der Waals surface area contributed by atoms with Crippen molar-refractivity contribution in [3.63, 3.8) is 0 Å². The Morgan fingerprint density at radius 2 is 1.72 bits per heavy atom. The normalized spacial score (nSPS) is 11.8. The summed E-state index contributed by atoms with van der Waals surface area (Å²) in [6.07, 6.45) is 0.221. The average Bonchev–Trinajstić information content (AvgIpc) is 2.56. The number of halogens is 4. The molecule has 2 rings (SSSR count). The molecule has 132 valence electrons. The minimum absolute atomic E-state index is 0.0157. The van der Waals surface area contributed by atoms with E-state index < -0.39 is 29.4 Å². The van der Waals surface area contributed by atoms with Gasteiger partial charge in [0.1, 0.15) is 11.6 Å². The van der Waals surface area contributed by atoms with Gasteiger partial charge in [0.15, 0.2) is 0 Å². The molecule has 2 amide bonds. The number of hydrogen-bond acceptors (Lipinski definition) is 2. The Morgan fingerprint density at radius 3 is 2.32 bits per heavy atom. The van der Waals surface area contributed by atoms with Gasteiger partial charge in [-0.1, -0.05) is 35.3 Å². The summed E-state index contributed by atoms with van der Waals surface area (Å²) in [7, 11) is 0. The summed E-state index contributed by atoms with van der Waals surface area (Å²) >= 11 is 11.5. The number of carbonyl (C=O) groups excluding carboxylic acids is 2. The highest BCUT2D eigenvalue weighted by atomic mass is 35.5. The molecule has 1 unspecified atom stereocenters. The minimum Gasteiger partial charge on any atom is -0.369 e. The van der Waals surface area contributed by atoms with Gasteiger partial charge in [-0.15, -0.1) is 0 Å². The molecule has 8 heteroatoms. The summed E-state index contributed by atoms with van der Waals surface area (Å²) in [4.78, 5) is 23.7. The summed E-state index contributed by atoms with van der Waals surface area (Å²) in [6.45, 7) is -0.0773. The lowest BCUT2D eigenvalue weighted by molar-refractivity contribution is -0.121. The van der Waals surface area contributed by atoms with Crippen LogP contribution in [-0.4, -0.2) is 18.4 Å². The zero-order chi connectivity index (χ0) is 18.6. The first kappa shape index (κ1) is 19.1. The number of amides is 2. The van der Waals surface area contributed by atoms with Crippen LogP contribution in [0.2, 0.25) is 10.0 Å². The van der Waals surface area contributed by atoms with E-state index >= 15 is 0 Å². The maximum atomic E-state index is 13.5. The van der Waals surface area contributed by atoms with E-state index in [4.69, 9.17) is 28.9 Å². The summed E-state index contributed by atoms with van der Waals surface area (Å²) < 4.78 is 26.4. The second kappa shape index (κ2) is 8.27. The fraction of sp³-hybridized carbons (Fsp3) is 0.176. The third-order valence-electron chi connectivity index (χ3n) is 3.56. The number of carbonyl (C=O) groups is 2. The summed E-state index contributed by atoms with van der Waals surface area (Å²) in [5.41, 5.74) is 5.93. The summed E-state index contributed by atoms with van der Waals surface area (Å²) in [6, 6.07) is 7.62. The highest BCUT2D eigenvalue weighted by molar-refractivity contribution is 6.36. The Kier molecular flexibility index (Phi) is 6.33. The molecule has 0 aliphatic carbocycles. The summed E-state index contributed by atoms with van der Waals surface area (Å²) in [5.74, 6) is -3.18. The van der Waals surface area contributed by atoms with Crippen molar-refractivity contribution < 1.29 is 18.4 Å². The molecular weight excluding hydrogens is 373 g/mol. The number of primary amides is 1. The number of hydrogen-bond donors (Lipinski definition) is 2. The first-order valence-corrected chi connectivity index (χ1v) is 8.00. The quantitative estimate of drug-likeness (QED) is 0.747. The van der Waals surface area contributed by atoms with Crippen molar-refractivity contribution in [2.45, 2.75) is 6.42 Å². The number of nitrogens with one attached hydrogen (secondary N) is 1. The molecule has 0 saturated heterocycles. The van der Waals surface area contributed by atoms with Gasteiger partial charge < -0.3 is 11.1 Å². The van der Waals surface area contributed by atoms with E-state index in [2.05, 4.69) is 5.32 Å². The van der Waals surface area contributed by atoms with E-state index in [0.717, 1.165) is 12.1 Å². The van der Waals surface area contributed by atoms with Gasteiger partial charge in [-0.05, 0) is 36.2 Å². The van der Waals surface area contributed by atoms with Crippen molar-refractivity contribution in [1.82, 2.24) is 5.32 Å². The van der Waals surface area contributed by atoms with Gasteiger partial charge in [0.2, 0.25) is 5.91 Å². The zero-order valence-electron chi connectivity index (χ0n) is 12.9. The maximum Gasteiger partial charge on any atom is 0.252 e. The molecule has 0 bridgehead atoms. The smallest absolute Gasteiger partial charge is 0.252 e. The standard InChI is InChI=1S/C17H14Cl2F2N2O2/c18-13-7-14(19)15(21)6-12(13)17(25)23-8-10(16(22)24)5-9-1-3-11(20)4-2-9/h1-4,6-7,10H,5,8H2,(H2,22,24)(H,23,25). The van der Waals surface area contributed by atoms with E-state index in [9.17, 15) is 18.4 Å². The molecule has 3 N–H and O–H groups in total. The van der Waals surface area contributed by atoms with Gasteiger partial charge in [-0.25, -0.2) is 8.78 Å². The second-order valence-electron chi connectivity index (χ2n) is 5.39. The highest BCUT2D eigenvalue weighted by Gasteiger charge is 2.19. The molecule has 2 aromatic carbocycles. The Hall–Kier alpha value is -2.18. The van der Waals surface area contributed by atoms with Crippen molar-refractivity contribution in [3.05, 3.63) is 69.2 Å². The third-order valence-corrected chi connectivity index (χ3v) is 4.16. The van der Waals surface area contributed by atoms with E-state index in [0.29, 0.717) is 5.56 Å². The van der Waals surface area contributed by atoms with Crippen LogP contribution in [0.1, 0.15) is 15.9 Å². The first-order valence-electron chi connectivity index (χ1n) is 7.24. The highest BCUT2D eigenvalue weighted by Crippen LogP contribution is 2.24. The van der Waals surface area contributed by atoms with Crippen molar-refractivity contribution in [2.75, 3.05) is 6.54 Å². The number of benzene rings is 2. The molecule has 1 atom stereocenters. The molecule has 2 aromatic rings. The van der Waals surface area contributed by atoms with Gasteiger partial charge in [0.25, 0.3) is 5.91 Å². The van der Waals surface area contributed by atoms with Crippen molar-refractivity contribution in [1.29, 1.82) is 0 Å². The van der Waals surface area contributed by atoms with Crippen LogP contribution in [0.4, 0.5) is 8.78 Å².